The molecule has 1 atom stereocenters. The molecule has 1 aliphatic rings. The zero-order valence-corrected chi connectivity index (χ0v) is 13.7. The van der Waals surface area contributed by atoms with Gasteiger partial charge in [0.15, 0.2) is 0 Å². The van der Waals surface area contributed by atoms with Crippen molar-refractivity contribution < 1.29 is 0 Å². The number of hydrogen-bond donors (Lipinski definition) is 1. The van der Waals surface area contributed by atoms with E-state index in [-0.39, 0.29) is 0 Å². The normalized spacial score (nSPS) is 18.3. The van der Waals surface area contributed by atoms with Crippen LogP contribution in [0, 0.1) is 6.92 Å². The topological polar surface area (TPSA) is 45.5 Å². The second-order valence-corrected chi connectivity index (χ2v) is 6.96. The van der Waals surface area contributed by atoms with Gasteiger partial charge in [0.25, 0.3) is 0 Å². The fourth-order valence-electron chi connectivity index (χ4n) is 2.83. The van der Waals surface area contributed by atoms with E-state index in [0.29, 0.717) is 6.04 Å². The minimum Gasteiger partial charge on any atom is -0.369 e. The molecule has 4 rings (SSSR count). The van der Waals surface area contributed by atoms with Crippen molar-refractivity contribution in [2.24, 2.45) is 0 Å². The standard InChI is InChI=1S/C15H16ClN5S/c1-10-8-21-15(17-10)22-14(19-21)18-12-5-6-20(9-12)13-4-2-3-11(16)7-13/h2-4,7-8,12H,5-6,9H2,1H3,(H,18,19). The number of halogens is 1. The van der Waals surface area contributed by atoms with E-state index in [4.69, 9.17) is 11.6 Å². The fraction of sp³-hybridized carbons (Fsp3) is 0.333. The summed E-state index contributed by atoms with van der Waals surface area (Å²) in [6.07, 6.45) is 3.04. The van der Waals surface area contributed by atoms with Crippen molar-refractivity contribution in [3.63, 3.8) is 0 Å². The van der Waals surface area contributed by atoms with E-state index < -0.39 is 0 Å². The van der Waals surface area contributed by atoms with Crippen LogP contribution in [0.25, 0.3) is 4.96 Å². The molecule has 1 unspecified atom stereocenters. The van der Waals surface area contributed by atoms with E-state index in [9.17, 15) is 0 Å². The first-order valence-corrected chi connectivity index (χ1v) is 8.47. The van der Waals surface area contributed by atoms with Gasteiger partial charge in [0.1, 0.15) is 0 Å². The van der Waals surface area contributed by atoms with Gasteiger partial charge < -0.3 is 10.2 Å². The molecule has 5 nitrogen and oxygen atoms in total. The van der Waals surface area contributed by atoms with Crippen molar-refractivity contribution in [2.75, 3.05) is 23.3 Å². The summed E-state index contributed by atoms with van der Waals surface area (Å²) in [6, 6.07) is 8.43. The summed E-state index contributed by atoms with van der Waals surface area (Å²) < 4.78 is 1.84. The van der Waals surface area contributed by atoms with Crippen LogP contribution in [0.4, 0.5) is 10.8 Å². The molecule has 3 aromatic rings. The molecule has 7 heteroatoms. The van der Waals surface area contributed by atoms with Crippen LogP contribution in [0.3, 0.4) is 0 Å². The molecule has 2 aromatic heterocycles. The van der Waals surface area contributed by atoms with E-state index >= 15 is 0 Å². The number of anilines is 2. The Morgan fingerprint density at radius 2 is 2.32 bits per heavy atom. The number of rotatable bonds is 3. The van der Waals surface area contributed by atoms with Crippen LogP contribution >= 0.6 is 22.9 Å². The molecule has 114 valence electrons. The van der Waals surface area contributed by atoms with Gasteiger partial charge in [-0.2, -0.15) is 0 Å². The highest BCUT2D eigenvalue weighted by molar-refractivity contribution is 7.20. The Morgan fingerprint density at radius 1 is 1.41 bits per heavy atom. The zero-order chi connectivity index (χ0) is 15.1. The number of aromatic nitrogens is 3. The third-order valence-electron chi connectivity index (χ3n) is 3.85. The van der Waals surface area contributed by atoms with Crippen LogP contribution < -0.4 is 10.2 Å². The second-order valence-electron chi connectivity index (χ2n) is 5.57. The molecule has 0 aliphatic carbocycles. The SMILES string of the molecule is Cc1cn2nc(NC3CCN(c4cccc(Cl)c4)C3)sc2n1. The summed E-state index contributed by atoms with van der Waals surface area (Å²) in [5.74, 6) is 0. The number of nitrogens with one attached hydrogen (secondary N) is 1. The Labute approximate surface area is 137 Å². The van der Waals surface area contributed by atoms with E-state index in [0.717, 1.165) is 40.3 Å². The molecule has 22 heavy (non-hydrogen) atoms. The molecule has 3 heterocycles. The van der Waals surface area contributed by atoms with Crippen molar-refractivity contribution in [1.29, 1.82) is 0 Å². The lowest BCUT2D eigenvalue weighted by atomic mass is 10.3. The molecule has 1 aromatic carbocycles. The molecule has 0 bridgehead atoms. The van der Waals surface area contributed by atoms with Crippen molar-refractivity contribution >= 4 is 38.7 Å². The summed E-state index contributed by atoms with van der Waals surface area (Å²) in [4.78, 5) is 7.72. The first kappa shape index (κ1) is 13.8. The van der Waals surface area contributed by atoms with Crippen molar-refractivity contribution in [2.45, 2.75) is 19.4 Å². The number of hydrogen-bond acceptors (Lipinski definition) is 5. The Morgan fingerprint density at radius 3 is 3.14 bits per heavy atom. The smallest absolute Gasteiger partial charge is 0.214 e. The quantitative estimate of drug-likeness (QED) is 0.797. The average molecular weight is 334 g/mol. The number of fused-ring (bicyclic) bond motifs is 1. The highest BCUT2D eigenvalue weighted by Crippen LogP contribution is 2.26. The molecular weight excluding hydrogens is 318 g/mol. The average Bonchev–Trinajstić information content (AvgIpc) is 3.14. The van der Waals surface area contributed by atoms with Gasteiger partial charge in [0.05, 0.1) is 11.9 Å². The summed E-state index contributed by atoms with van der Waals surface area (Å²) in [5.41, 5.74) is 2.18. The minimum atomic E-state index is 0.399. The first-order valence-electron chi connectivity index (χ1n) is 7.27. The summed E-state index contributed by atoms with van der Waals surface area (Å²) >= 11 is 7.67. The van der Waals surface area contributed by atoms with Gasteiger partial charge in [0.2, 0.25) is 10.1 Å². The lowest BCUT2D eigenvalue weighted by Crippen LogP contribution is -2.25. The Kier molecular flexibility index (Phi) is 3.43. The fourth-order valence-corrected chi connectivity index (χ4v) is 3.92. The summed E-state index contributed by atoms with van der Waals surface area (Å²) in [6.45, 7) is 3.97. The molecule has 0 spiro atoms. The second kappa shape index (κ2) is 5.44. The molecule has 1 N–H and O–H groups in total. The largest absolute Gasteiger partial charge is 0.369 e. The van der Waals surface area contributed by atoms with Crippen molar-refractivity contribution in [3.8, 4) is 0 Å². The lowest BCUT2D eigenvalue weighted by Gasteiger charge is -2.19. The summed E-state index contributed by atoms with van der Waals surface area (Å²) in [7, 11) is 0. The maximum Gasteiger partial charge on any atom is 0.214 e. The van der Waals surface area contributed by atoms with Gasteiger partial charge in [-0.3, -0.25) is 0 Å². The van der Waals surface area contributed by atoms with Crippen LogP contribution in [-0.4, -0.2) is 33.7 Å². The maximum atomic E-state index is 6.07. The van der Waals surface area contributed by atoms with Crippen LogP contribution in [0.15, 0.2) is 30.5 Å². The Balaban J connectivity index is 1.45. The minimum absolute atomic E-state index is 0.399. The lowest BCUT2D eigenvalue weighted by molar-refractivity contribution is 0.797. The predicted molar refractivity (Wildman–Crippen MR) is 91.3 cm³/mol. The molecule has 0 saturated carbocycles. The predicted octanol–water partition coefficient (Wildman–Crippen LogP) is 3.44. The highest BCUT2D eigenvalue weighted by Gasteiger charge is 2.23. The monoisotopic (exact) mass is 333 g/mol. The third kappa shape index (κ3) is 2.64. The molecule has 0 amide bonds. The third-order valence-corrected chi connectivity index (χ3v) is 4.94. The van der Waals surface area contributed by atoms with Crippen LogP contribution in [0.2, 0.25) is 5.02 Å². The van der Waals surface area contributed by atoms with Gasteiger partial charge >= 0.3 is 0 Å². The molecule has 1 saturated heterocycles. The van der Waals surface area contributed by atoms with E-state index in [2.05, 4.69) is 26.4 Å². The van der Waals surface area contributed by atoms with E-state index in [1.165, 1.54) is 5.69 Å². The van der Waals surface area contributed by atoms with Crippen LogP contribution in [0.5, 0.6) is 0 Å². The van der Waals surface area contributed by atoms with Crippen molar-refractivity contribution in [3.05, 3.63) is 41.2 Å². The molecule has 1 fully saturated rings. The summed E-state index contributed by atoms with van der Waals surface area (Å²) in [5, 5.41) is 9.77. The number of aryl methyl sites for hydroxylation is 1. The molecular formula is C15H16ClN5S. The highest BCUT2D eigenvalue weighted by atomic mass is 35.5. The van der Waals surface area contributed by atoms with Crippen LogP contribution in [0.1, 0.15) is 12.1 Å². The van der Waals surface area contributed by atoms with Crippen LogP contribution in [-0.2, 0) is 0 Å². The van der Waals surface area contributed by atoms with Gasteiger partial charge in [-0.05, 0) is 31.5 Å². The number of nitrogens with zero attached hydrogens (tertiary/aromatic N) is 4. The Hall–Kier alpha value is -1.79. The number of benzene rings is 1. The van der Waals surface area contributed by atoms with Gasteiger partial charge in [-0.1, -0.05) is 29.0 Å². The Bertz CT molecular complexity index is 780. The molecule has 1 aliphatic heterocycles. The zero-order valence-electron chi connectivity index (χ0n) is 12.2. The first-order chi connectivity index (χ1) is 10.7. The van der Waals surface area contributed by atoms with Crippen molar-refractivity contribution in [1.82, 2.24) is 14.6 Å². The van der Waals surface area contributed by atoms with Gasteiger partial charge in [-0.15, -0.1) is 5.10 Å². The van der Waals surface area contributed by atoms with Gasteiger partial charge in [-0.25, -0.2) is 9.50 Å². The number of imidazole rings is 1. The van der Waals surface area contributed by atoms with Gasteiger partial charge in [0, 0.05) is 29.8 Å². The molecule has 0 radical (unpaired) electrons. The van der Waals surface area contributed by atoms with E-state index in [1.54, 1.807) is 11.3 Å². The van der Waals surface area contributed by atoms with E-state index in [1.807, 2.05) is 35.8 Å². The maximum absolute atomic E-state index is 6.07.